The lowest BCUT2D eigenvalue weighted by atomic mass is 9.95. The number of methoxy groups -OCH3 is 1. The van der Waals surface area contributed by atoms with Crippen molar-refractivity contribution in [3.8, 4) is 0 Å². The normalized spacial score (nSPS) is 33.4. The molecule has 2 aromatic carbocycles. The third kappa shape index (κ3) is 4.06. The molecule has 4 rings (SSSR count). The summed E-state index contributed by atoms with van der Waals surface area (Å²) in [6.45, 7) is 0.939. The minimum Gasteiger partial charge on any atom is -0.388 e. The molecule has 0 aromatic heterocycles. The van der Waals surface area contributed by atoms with Gasteiger partial charge in [0.05, 0.1) is 12.6 Å². The highest BCUT2D eigenvalue weighted by Crippen LogP contribution is 2.34. The van der Waals surface area contributed by atoms with E-state index in [2.05, 4.69) is 5.32 Å². The summed E-state index contributed by atoms with van der Waals surface area (Å²) in [6.07, 6.45) is -2.75. The predicted molar refractivity (Wildman–Crippen MR) is 98.8 cm³/mol. The van der Waals surface area contributed by atoms with Crippen LogP contribution in [0.2, 0.25) is 0 Å². The fourth-order valence-electron chi connectivity index (χ4n) is 3.62. The molecule has 2 aliphatic heterocycles. The van der Waals surface area contributed by atoms with Gasteiger partial charge in [0, 0.05) is 19.2 Å². The number of hydrogen-bond donors (Lipinski definition) is 2. The molecular weight excluding hydrogens is 346 g/mol. The Labute approximate surface area is 159 Å². The van der Waals surface area contributed by atoms with E-state index in [1.54, 1.807) is 7.11 Å². The second kappa shape index (κ2) is 8.48. The fraction of sp³-hybridized carbons (Fsp3) is 0.429. The first-order chi connectivity index (χ1) is 13.3. The molecule has 6 atom stereocenters. The molecule has 2 aromatic rings. The van der Waals surface area contributed by atoms with Gasteiger partial charge in [-0.2, -0.15) is 0 Å². The molecule has 2 saturated heterocycles. The summed E-state index contributed by atoms with van der Waals surface area (Å²) in [5.74, 6) is 0. The van der Waals surface area contributed by atoms with Gasteiger partial charge in [-0.05, 0) is 5.56 Å². The van der Waals surface area contributed by atoms with Crippen LogP contribution in [0.5, 0.6) is 0 Å². The Hall–Kier alpha value is -1.80. The number of ether oxygens (including phenoxy) is 4. The molecular formula is C21H25NO5. The Kier molecular flexibility index (Phi) is 5.83. The lowest BCUT2D eigenvalue weighted by Gasteiger charge is -2.47. The minimum absolute atomic E-state index is 0.340. The zero-order valence-corrected chi connectivity index (χ0v) is 15.2. The van der Waals surface area contributed by atoms with Crippen molar-refractivity contribution in [3.63, 3.8) is 0 Å². The van der Waals surface area contributed by atoms with E-state index in [1.165, 1.54) is 0 Å². The average Bonchev–Trinajstić information content (AvgIpc) is 2.74. The van der Waals surface area contributed by atoms with Crippen molar-refractivity contribution in [2.45, 2.75) is 43.5 Å². The number of aliphatic hydroxyl groups excluding tert-OH is 1. The fourth-order valence-corrected chi connectivity index (χ4v) is 3.62. The summed E-state index contributed by atoms with van der Waals surface area (Å²) in [5, 5.41) is 14.4. The van der Waals surface area contributed by atoms with Crippen LogP contribution in [-0.2, 0) is 25.5 Å². The van der Waals surface area contributed by atoms with E-state index in [1.807, 2.05) is 60.7 Å². The smallest absolute Gasteiger partial charge is 0.184 e. The van der Waals surface area contributed by atoms with Gasteiger partial charge in [0.25, 0.3) is 0 Å². The molecule has 2 fully saturated rings. The third-order valence-electron chi connectivity index (χ3n) is 5.05. The number of hydrogen-bond acceptors (Lipinski definition) is 6. The summed E-state index contributed by atoms with van der Waals surface area (Å²) >= 11 is 0. The molecule has 2 N–H and O–H groups in total. The maximum atomic E-state index is 11.0. The van der Waals surface area contributed by atoms with Crippen LogP contribution in [0.4, 0.5) is 0 Å². The zero-order chi connectivity index (χ0) is 18.6. The summed E-state index contributed by atoms with van der Waals surface area (Å²) in [7, 11) is 1.58. The summed E-state index contributed by atoms with van der Waals surface area (Å²) < 4.78 is 23.3. The van der Waals surface area contributed by atoms with Gasteiger partial charge in [0.1, 0.15) is 18.3 Å². The number of aliphatic hydroxyl groups is 1. The van der Waals surface area contributed by atoms with Gasteiger partial charge in [0.15, 0.2) is 12.6 Å². The highest BCUT2D eigenvalue weighted by atomic mass is 16.7. The molecule has 0 saturated carbocycles. The Morgan fingerprint density at radius 1 is 1.04 bits per heavy atom. The highest BCUT2D eigenvalue weighted by molar-refractivity contribution is 5.17. The van der Waals surface area contributed by atoms with Crippen molar-refractivity contribution in [3.05, 3.63) is 71.8 Å². The Morgan fingerprint density at radius 2 is 1.74 bits per heavy atom. The van der Waals surface area contributed by atoms with Crippen molar-refractivity contribution >= 4 is 0 Å². The van der Waals surface area contributed by atoms with E-state index >= 15 is 0 Å². The van der Waals surface area contributed by atoms with Crippen LogP contribution in [0.25, 0.3) is 0 Å². The first-order valence-corrected chi connectivity index (χ1v) is 9.22. The molecule has 1 unspecified atom stereocenters. The Bertz CT molecular complexity index is 707. The maximum absolute atomic E-state index is 11.0. The van der Waals surface area contributed by atoms with Crippen molar-refractivity contribution in [1.82, 2.24) is 5.32 Å². The number of fused-ring (bicyclic) bond motifs is 1. The molecule has 0 aliphatic carbocycles. The molecule has 27 heavy (non-hydrogen) atoms. The number of benzene rings is 2. The van der Waals surface area contributed by atoms with Crippen molar-refractivity contribution in [2.75, 3.05) is 13.7 Å². The van der Waals surface area contributed by atoms with Gasteiger partial charge in [-0.3, -0.25) is 0 Å². The Morgan fingerprint density at radius 3 is 2.44 bits per heavy atom. The standard InChI is InChI=1S/C21H25NO5/c1-24-21-17(22-12-14-8-4-2-5-9-14)18(23)19-16(26-21)13-25-20(27-19)15-10-6-3-7-11-15/h2-11,16-23H,12-13H2,1H3/t16-,17-,18-,19-,20?,21+/m1/s1. The van der Waals surface area contributed by atoms with Crippen LogP contribution >= 0.6 is 0 Å². The molecule has 0 radical (unpaired) electrons. The monoisotopic (exact) mass is 371 g/mol. The molecule has 6 nitrogen and oxygen atoms in total. The third-order valence-corrected chi connectivity index (χ3v) is 5.05. The lowest BCUT2D eigenvalue weighted by Crippen LogP contribution is -2.65. The van der Waals surface area contributed by atoms with E-state index in [0.717, 1.165) is 11.1 Å². The average molecular weight is 371 g/mol. The van der Waals surface area contributed by atoms with Crippen molar-refractivity contribution in [2.24, 2.45) is 0 Å². The predicted octanol–water partition coefficient (Wildman–Crippen LogP) is 1.99. The van der Waals surface area contributed by atoms with Gasteiger partial charge in [-0.1, -0.05) is 60.7 Å². The largest absolute Gasteiger partial charge is 0.388 e. The SMILES string of the molecule is CO[C@H]1O[C@@H]2COC(c3ccccc3)O[C@H]2[C@H](O)[C@H]1NCc1ccccc1. The lowest BCUT2D eigenvalue weighted by molar-refractivity contribution is -0.341. The molecule has 2 aliphatic rings. The molecule has 0 amide bonds. The second-order valence-electron chi connectivity index (χ2n) is 6.84. The van der Waals surface area contributed by atoms with Crippen LogP contribution in [0.1, 0.15) is 17.4 Å². The van der Waals surface area contributed by atoms with Gasteiger partial charge in [-0.15, -0.1) is 0 Å². The zero-order valence-electron chi connectivity index (χ0n) is 15.2. The van der Waals surface area contributed by atoms with Crippen LogP contribution in [-0.4, -0.2) is 49.5 Å². The van der Waals surface area contributed by atoms with E-state index < -0.39 is 30.8 Å². The maximum Gasteiger partial charge on any atom is 0.184 e. The summed E-state index contributed by atoms with van der Waals surface area (Å²) in [5.41, 5.74) is 2.04. The van der Waals surface area contributed by atoms with Crippen molar-refractivity contribution in [1.29, 1.82) is 0 Å². The van der Waals surface area contributed by atoms with Crippen LogP contribution in [0.3, 0.4) is 0 Å². The van der Waals surface area contributed by atoms with Gasteiger partial charge >= 0.3 is 0 Å². The molecule has 0 bridgehead atoms. The first-order valence-electron chi connectivity index (χ1n) is 9.22. The quantitative estimate of drug-likeness (QED) is 0.838. The van der Waals surface area contributed by atoms with Crippen molar-refractivity contribution < 1.29 is 24.1 Å². The van der Waals surface area contributed by atoms with Gasteiger partial charge in [0.2, 0.25) is 0 Å². The van der Waals surface area contributed by atoms with Gasteiger partial charge in [-0.25, -0.2) is 0 Å². The molecule has 0 spiro atoms. The number of rotatable bonds is 5. The van der Waals surface area contributed by atoms with Crippen LogP contribution in [0, 0.1) is 0 Å². The van der Waals surface area contributed by atoms with E-state index in [9.17, 15) is 5.11 Å². The topological polar surface area (TPSA) is 69.2 Å². The van der Waals surface area contributed by atoms with Crippen LogP contribution in [0.15, 0.2) is 60.7 Å². The van der Waals surface area contributed by atoms with Crippen LogP contribution < -0.4 is 5.32 Å². The van der Waals surface area contributed by atoms with Gasteiger partial charge < -0.3 is 29.4 Å². The second-order valence-corrected chi connectivity index (χ2v) is 6.84. The Balaban J connectivity index is 1.46. The number of nitrogens with one attached hydrogen (secondary N) is 1. The minimum atomic E-state index is -0.785. The molecule has 2 heterocycles. The highest BCUT2D eigenvalue weighted by Gasteiger charge is 2.49. The molecule has 6 heteroatoms. The molecule has 144 valence electrons. The summed E-state index contributed by atoms with van der Waals surface area (Å²) in [4.78, 5) is 0. The first kappa shape index (κ1) is 18.6. The van der Waals surface area contributed by atoms with E-state index in [-0.39, 0.29) is 6.10 Å². The van der Waals surface area contributed by atoms with E-state index in [0.29, 0.717) is 13.2 Å². The van der Waals surface area contributed by atoms with E-state index in [4.69, 9.17) is 18.9 Å². The summed E-state index contributed by atoms with van der Waals surface area (Å²) in [6, 6.07) is 19.3.